The SMILES string of the molecule is CCC(=O)CCCCC(=O)OC(CC(=O)[O-])C[N+](C)(C)C. The van der Waals surface area contributed by atoms with E-state index in [1.54, 1.807) is 0 Å². The Morgan fingerprint density at radius 3 is 2.14 bits per heavy atom. The first kappa shape index (κ1) is 19.6. The van der Waals surface area contributed by atoms with Gasteiger partial charge in [0.2, 0.25) is 0 Å². The van der Waals surface area contributed by atoms with Crippen molar-refractivity contribution in [1.29, 1.82) is 0 Å². The highest BCUT2D eigenvalue weighted by Crippen LogP contribution is 2.09. The first-order valence-electron chi connectivity index (χ1n) is 7.35. The molecule has 0 bridgehead atoms. The van der Waals surface area contributed by atoms with E-state index in [4.69, 9.17) is 4.74 Å². The molecule has 0 spiro atoms. The number of rotatable bonds is 11. The van der Waals surface area contributed by atoms with Crippen LogP contribution in [-0.2, 0) is 19.1 Å². The second-order valence-electron chi connectivity index (χ2n) is 6.26. The van der Waals surface area contributed by atoms with Crippen LogP contribution in [0.2, 0.25) is 0 Å². The van der Waals surface area contributed by atoms with Crippen molar-refractivity contribution in [3.8, 4) is 0 Å². The van der Waals surface area contributed by atoms with E-state index >= 15 is 0 Å². The zero-order valence-electron chi connectivity index (χ0n) is 13.5. The molecule has 0 N–H and O–H groups in total. The molecule has 0 rings (SSSR count). The van der Waals surface area contributed by atoms with E-state index in [0.29, 0.717) is 36.7 Å². The first-order chi connectivity index (χ1) is 9.64. The zero-order valence-corrected chi connectivity index (χ0v) is 13.5. The molecule has 0 fully saturated rings. The molecular formula is C15H27NO5. The number of likely N-dealkylation sites (N-methyl/N-ethyl adjacent to an activating group) is 1. The number of ether oxygens (including phenoxy) is 1. The number of nitrogens with zero attached hydrogens (tertiary/aromatic N) is 1. The number of quaternary nitrogens is 1. The van der Waals surface area contributed by atoms with Gasteiger partial charge in [-0.1, -0.05) is 6.92 Å². The molecule has 0 aliphatic heterocycles. The molecule has 6 heteroatoms. The summed E-state index contributed by atoms with van der Waals surface area (Å²) in [6, 6.07) is 0. The van der Waals surface area contributed by atoms with Crippen LogP contribution in [0.5, 0.6) is 0 Å². The number of ketones is 1. The number of carboxylic acid groups (broad SMARTS) is 1. The molecule has 0 saturated carbocycles. The van der Waals surface area contributed by atoms with E-state index in [1.165, 1.54) is 0 Å². The van der Waals surface area contributed by atoms with Gasteiger partial charge in [-0.15, -0.1) is 0 Å². The Morgan fingerprint density at radius 2 is 1.67 bits per heavy atom. The third-order valence-electron chi connectivity index (χ3n) is 2.92. The average Bonchev–Trinajstić information content (AvgIpc) is 2.31. The van der Waals surface area contributed by atoms with Crippen molar-refractivity contribution in [3.63, 3.8) is 0 Å². The third-order valence-corrected chi connectivity index (χ3v) is 2.92. The number of hydrogen-bond donors (Lipinski definition) is 0. The van der Waals surface area contributed by atoms with Gasteiger partial charge in [-0.3, -0.25) is 9.59 Å². The summed E-state index contributed by atoms with van der Waals surface area (Å²) in [6.45, 7) is 2.22. The molecule has 0 aliphatic rings. The summed E-state index contributed by atoms with van der Waals surface area (Å²) in [5.41, 5.74) is 0. The van der Waals surface area contributed by atoms with Crippen LogP contribution in [-0.4, -0.2) is 56.0 Å². The predicted molar refractivity (Wildman–Crippen MR) is 76.2 cm³/mol. The summed E-state index contributed by atoms with van der Waals surface area (Å²) in [5.74, 6) is -1.46. The van der Waals surface area contributed by atoms with E-state index in [-0.39, 0.29) is 18.6 Å². The van der Waals surface area contributed by atoms with Crippen LogP contribution in [0.3, 0.4) is 0 Å². The molecule has 0 aromatic rings. The van der Waals surface area contributed by atoms with Gasteiger partial charge in [0, 0.05) is 31.7 Å². The number of carbonyl (C=O) groups is 3. The molecule has 1 unspecified atom stereocenters. The summed E-state index contributed by atoms with van der Waals surface area (Å²) in [7, 11) is 5.69. The predicted octanol–water partition coefficient (Wildman–Crippen LogP) is 0.284. The highest BCUT2D eigenvalue weighted by atomic mass is 16.5. The third kappa shape index (κ3) is 12.1. The van der Waals surface area contributed by atoms with E-state index in [1.807, 2.05) is 28.1 Å². The maximum Gasteiger partial charge on any atom is 0.306 e. The monoisotopic (exact) mass is 301 g/mol. The minimum Gasteiger partial charge on any atom is -0.550 e. The van der Waals surface area contributed by atoms with Gasteiger partial charge in [0.25, 0.3) is 0 Å². The summed E-state index contributed by atoms with van der Waals surface area (Å²) in [5, 5.41) is 10.7. The van der Waals surface area contributed by atoms with Crippen LogP contribution in [0.15, 0.2) is 0 Å². The van der Waals surface area contributed by atoms with Crippen LogP contribution in [0.4, 0.5) is 0 Å². The molecule has 1 atom stereocenters. The highest BCUT2D eigenvalue weighted by Gasteiger charge is 2.22. The van der Waals surface area contributed by atoms with Gasteiger partial charge in [0.15, 0.2) is 6.10 Å². The Morgan fingerprint density at radius 1 is 1.10 bits per heavy atom. The maximum absolute atomic E-state index is 11.7. The molecule has 0 amide bonds. The number of carboxylic acids is 1. The largest absolute Gasteiger partial charge is 0.550 e. The van der Waals surface area contributed by atoms with Crippen LogP contribution in [0.25, 0.3) is 0 Å². The van der Waals surface area contributed by atoms with Gasteiger partial charge in [-0.2, -0.15) is 0 Å². The van der Waals surface area contributed by atoms with Crippen LogP contribution in [0.1, 0.15) is 45.4 Å². The molecule has 21 heavy (non-hydrogen) atoms. The molecule has 122 valence electrons. The Hall–Kier alpha value is -1.43. The Bertz CT molecular complexity index is 360. The molecule has 0 aromatic carbocycles. The Balaban J connectivity index is 4.15. The smallest absolute Gasteiger partial charge is 0.306 e. The fraction of sp³-hybridized carbons (Fsp3) is 0.800. The second-order valence-corrected chi connectivity index (χ2v) is 6.26. The molecule has 6 nitrogen and oxygen atoms in total. The van der Waals surface area contributed by atoms with Gasteiger partial charge >= 0.3 is 5.97 Å². The zero-order chi connectivity index (χ0) is 16.5. The number of aliphatic carboxylic acids is 1. The molecule has 0 saturated heterocycles. The van der Waals surface area contributed by atoms with Crippen molar-refractivity contribution in [2.75, 3.05) is 27.7 Å². The van der Waals surface area contributed by atoms with Crippen molar-refractivity contribution in [3.05, 3.63) is 0 Å². The van der Waals surface area contributed by atoms with E-state index in [0.717, 1.165) is 0 Å². The maximum atomic E-state index is 11.7. The topological polar surface area (TPSA) is 83.5 Å². The average molecular weight is 301 g/mol. The van der Waals surface area contributed by atoms with E-state index in [2.05, 4.69) is 0 Å². The standard InChI is InChI=1S/C15H27NO5/c1-5-12(17)8-6-7-9-15(20)21-13(10-14(18)19)11-16(2,3)4/h13H,5-11H2,1-4H3. The lowest BCUT2D eigenvalue weighted by Crippen LogP contribution is -2.45. The summed E-state index contributed by atoms with van der Waals surface area (Å²) >= 11 is 0. The lowest BCUT2D eigenvalue weighted by molar-refractivity contribution is -0.873. The first-order valence-corrected chi connectivity index (χ1v) is 7.35. The van der Waals surface area contributed by atoms with Gasteiger partial charge in [0.05, 0.1) is 21.1 Å². The fourth-order valence-corrected chi connectivity index (χ4v) is 1.95. The molecular weight excluding hydrogens is 274 g/mol. The van der Waals surface area contributed by atoms with Crippen molar-refractivity contribution in [2.45, 2.75) is 51.6 Å². The number of Topliss-reactive ketones (excluding diaryl/α,β-unsaturated/α-hetero) is 1. The van der Waals surface area contributed by atoms with Gasteiger partial charge in [0.1, 0.15) is 12.3 Å². The number of carbonyl (C=O) groups excluding carboxylic acids is 3. The molecule has 0 radical (unpaired) electrons. The number of unbranched alkanes of at least 4 members (excludes halogenated alkanes) is 1. The van der Waals surface area contributed by atoms with Crippen molar-refractivity contribution < 1.29 is 28.7 Å². The minimum absolute atomic E-state index is 0.184. The summed E-state index contributed by atoms with van der Waals surface area (Å²) in [4.78, 5) is 33.5. The van der Waals surface area contributed by atoms with Gasteiger partial charge < -0.3 is 19.1 Å². The van der Waals surface area contributed by atoms with Crippen molar-refractivity contribution in [1.82, 2.24) is 0 Å². The Labute approximate surface area is 126 Å². The van der Waals surface area contributed by atoms with E-state index in [9.17, 15) is 19.5 Å². The lowest BCUT2D eigenvalue weighted by atomic mass is 10.1. The summed E-state index contributed by atoms with van der Waals surface area (Å²) in [6.07, 6.45) is 1.45. The van der Waals surface area contributed by atoms with Gasteiger partial charge in [-0.05, 0) is 12.8 Å². The fourth-order valence-electron chi connectivity index (χ4n) is 1.95. The molecule has 0 aromatic heterocycles. The summed E-state index contributed by atoms with van der Waals surface area (Å²) < 4.78 is 5.71. The van der Waals surface area contributed by atoms with Crippen LogP contribution >= 0.6 is 0 Å². The molecule has 0 heterocycles. The van der Waals surface area contributed by atoms with Crippen LogP contribution in [0, 0.1) is 0 Å². The second kappa shape index (κ2) is 9.50. The minimum atomic E-state index is -1.23. The van der Waals surface area contributed by atoms with Crippen LogP contribution < -0.4 is 5.11 Å². The molecule has 0 aliphatic carbocycles. The van der Waals surface area contributed by atoms with Gasteiger partial charge in [-0.25, -0.2) is 0 Å². The van der Waals surface area contributed by atoms with Crippen molar-refractivity contribution in [2.24, 2.45) is 0 Å². The van der Waals surface area contributed by atoms with E-state index < -0.39 is 18.0 Å². The quantitative estimate of drug-likeness (QED) is 0.311. The normalized spacial score (nSPS) is 12.8. The van der Waals surface area contributed by atoms with Crippen molar-refractivity contribution >= 4 is 17.7 Å². The number of hydrogen-bond acceptors (Lipinski definition) is 5. The lowest BCUT2D eigenvalue weighted by Gasteiger charge is -2.29. The Kier molecular flexibility index (Phi) is 8.85. The number of esters is 1. The highest BCUT2D eigenvalue weighted by molar-refractivity contribution is 5.78.